The molecule has 22 nitrogen and oxygen atoms in total. The maximum Gasteiger partial charge on any atom is 0.187 e. The van der Waals surface area contributed by atoms with E-state index < -0.39 is 153 Å². The highest BCUT2D eigenvalue weighted by Gasteiger charge is 2.81. The third-order valence-electron chi connectivity index (χ3n) is 20.6. The molecule has 4 aliphatic carbocycles. The molecular formula is C52H84O22. The molecule has 0 aromatic carbocycles. The summed E-state index contributed by atoms with van der Waals surface area (Å²) in [5, 5.41) is 128. The van der Waals surface area contributed by atoms with Crippen molar-refractivity contribution in [1.29, 1.82) is 0 Å². The molecule has 10 aliphatic rings. The van der Waals surface area contributed by atoms with E-state index in [1.165, 1.54) is 0 Å². The lowest BCUT2D eigenvalue weighted by atomic mass is 9.35. The first-order valence-electron chi connectivity index (χ1n) is 27.0. The van der Waals surface area contributed by atoms with E-state index in [9.17, 15) is 61.3 Å². The summed E-state index contributed by atoms with van der Waals surface area (Å²) in [7, 11) is 0. The fourth-order valence-electron chi connectivity index (χ4n) is 17.1. The zero-order chi connectivity index (χ0) is 53.4. The van der Waals surface area contributed by atoms with Crippen molar-refractivity contribution in [3.05, 3.63) is 11.6 Å². The number of allylic oxidation sites excluding steroid dienone is 1. The Kier molecular flexibility index (Phi) is 15.3. The van der Waals surface area contributed by atoms with Crippen molar-refractivity contribution in [3.63, 3.8) is 0 Å². The molecule has 22 heteroatoms. The van der Waals surface area contributed by atoms with Crippen LogP contribution in [0.4, 0.5) is 0 Å². The zero-order valence-electron chi connectivity index (χ0n) is 43.6. The first kappa shape index (κ1) is 56.1. The van der Waals surface area contributed by atoms with Crippen LogP contribution in [0.3, 0.4) is 0 Å². The molecule has 2 spiro atoms. The van der Waals surface area contributed by atoms with E-state index in [1.807, 2.05) is 13.8 Å². The molecule has 4 saturated carbocycles. The van der Waals surface area contributed by atoms with E-state index in [2.05, 4.69) is 40.7 Å². The van der Waals surface area contributed by atoms with Crippen molar-refractivity contribution in [2.24, 2.45) is 45.3 Å². The summed E-state index contributed by atoms with van der Waals surface area (Å²) < 4.78 is 64.2. The van der Waals surface area contributed by atoms with Gasteiger partial charge in [0, 0.05) is 24.2 Å². The van der Waals surface area contributed by atoms with Gasteiger partial charge in [0.05, 0.1) is 50.8 Å². The van der Waals surface area contributed by atoms with Crippen molar-refractivity contribution in [1.82, 2.24) is 0 Å². The standard InChI is InChI=1S/C52H84O22/c1-22(2)14-23-15-50(7,74-43-37(62)32(57)25(56)19-65-43)42-24-8-9-30-48(5)12-11-31(47(3,4)29(48)10-13-49(30,6)51(24)20-52(42,73-23)66-21-51)70-46-41(72-44-38(63)34(59)27(17-54)68-44)40(35(60)28(18-55)69-46)71-45-39(64)36(61)33(58)26(16-53)67-45/h14,23-46,53-64H,8-13,15-21H2,1-7H3/t23-,24?,25+,26+,27-,28+,29?,30?,31-,32+,33+,34-,35+,36-,37-,38+,39+,40-,41+,42?,43+,44-,45-,46-,48-,49+,50-,51-,52-/m0/s1. The number of hydrogen-bond acceptors (Lipinski definition) is 22. The predicted molar refractivity (Wildman–Crippen MR) is 251 cm³/mol. The summed E-state index contributed by atoms with van der Waals surface area (Å²) in [6, 6.07) is 0. The van der Waals surface area contributed by atoms with Gasteiger partial charge in [0.15, 0.2) is 30.9 Å². The Morgan fingerprint density at radius 3 is 1.85 bits per heavy atom. The number of aliphatic hydroxyl groups is 12. The van der Waals surface area contributed by atoms with E-state index in [-0.39, 0.29) is 52.6 Å². The van der Waals surface area contributed by atoms with Gasteiger partial charge in [0.2, 0.25) is 0 Å². The van der Waals surface area contributed by atoms with Crippen LogP contribution in [0.1, 0.15) is 99.8 Å². The highest BCUT2D eigenvalue weighted by Crippen LogP contribution is 2.80. The monoisotopic (exact) mass is 1060 g/mol. The minimum absolute atomic E-state index is 0.0992. The molecule has 6 saturated heterocycles. The maximum atomic E-state index is 11.8. The Bertz CT molecular complexity index is 2030. The first-order chi connectivity index (χ1) is 34.8. The number of hydrogen-bond donors (Lipinski definition) is 12. The second kappa shape index (κ2) is 20.1. The maximum absolute atomic E-state index is 11.8. The SMILES string of the molecule is CC(C)=C[C@H]1C[C@](C)(O[C@H]2OC[C@@H](O)[C@@H](O)[C@@H]2O)C2C3CCC4[C@@]5(C)CC[C@H](O[C@@H]6O[C@H](CO)[C@@H](O)[C@H](O[C@@H]7O[C@H](CO)[C@@H](O)[C@H](O)[C@H]7O)[C@H]6O[C@@H]6O[C@@H](CO)[C@H](O)[C@H]6O)C(C)(C)C5CC[C@@]4(C)[C@@]34CO[C@@]2(C4)O1. The van der Waals surface area contributed by atoms with Crippen LogP contribution < -0.4 is 0 Å². The van der Waals surface area contributed by atoms with E-state index in [1.54, 1.807) is 0 Å². The molecule has 0 aromatic rings. The van der Waals surface area contributed by atoms with Crippen molar-refractivity contribution in [2.45, 2.75) is 234 Å². The van der Waals surface area contributed by atoms with E-state index >= 15 is 0 Å². The van der Waals surface area contributed by atoms with Crippen LogP contribution >= 0.6 is 0 Å². The van der Waals surface area contributed by atoms with Gasteiger partial charge in [-0.1, -0.05) is 39.3 Å². The summed E-state index contributed by atoms with van der Waals surface area (Å²) in [4.78, 5) is 0. The van der Waals surface area contributed by atoms with Crippen molar-refractivity contribution < 1.29 is 109 Å². The quantitative estimate of drug-likeness (QED) is 0.0776. The van der Waals surface area contributed by atoms with Gasteiger partial charge in [-0.15, -0.1) is 0 Å². The second-order valence-electron chi connectivity index (χ2n) is 25.3. The number of fused-ring (bicyclic) bond motifs is 4. The Balaban J connectivity index is 0.927. The van der Waals surface area contributed by atoms with Crippen LogP contribution in [0.25, 0.3) is 0 Å². The van der Waals surface area contributed by atoms with Crippen LogP contribution in [0, 0.1) is 45.3 Å². The molecule has 74 heavy (non-hydrogen) atoms. The molecule has 6 heterocycles. The molecule has 0 radical (unpaired) electrons. The van der Waals surface area contributed by atoms with E-state index in [0.717, 1.165) is 37.7 Å². The summed E-state index contributed by atoms with van der Waals surface area (Å²) >= 11 is 0. The van der Waals surface area contributed by atoms with Gasteiger partial charge >= 0.3 is 0 Å². The molecule has 10 fully saturated rings. The average molecular weight is 1060 g/mol. The van der Waals surface area contributed by atoms with Gasteiger partial charge in [-0.05, 0) is 93.3 Å². The third-order valence-corrected chi connectivity index (χ3v) is 20.6. The van der Waals surface area contributed by atoms with Crippen LogP contribution in [0.2, 0.25) is 0 Å². The van der Waals surface area contributed by atoms with Gasteiger partial charge in [0.25, 0.3) is 0 Å². The molecule has 0 amide bonds. The highest BCUT2D eigenvalue weighted by molar-refractivity contribution is 5.27. The average Bonchev–Trinajstić information content (AvgIpc) is 3.97. The molecule has 2 bridgehead atoms. The largest absolute Gasteiger partial charge is 0.394 e. The van der Waals surface area contributed by atoms with Gasteiger partial charge in [-0.25, -0.2) is 0 Å². The molecule has 12 N–H and O–H groups in total. The van der Waals surface area contributed by atoms with Crippen molar-refractivity contribution in [2.75, 3.05) is 33.0 Å². The lowest BCUT2D eigenvalue weighted by Gasteiger charge is -2.70. The fraction of sp³-hybridized carbons (Fsp3) is 0.962. The summed E-state index contributed by atoms with van der Waals surface area (Å²) in [5.74, 6) is -0.746. The summed E-state index contributed by atoms with van der Waals surface area (Å²) in [6.45, 7) is 13.5. The molecule has 10 rings (SSSR count). The molecule has 4 unspecified atom stereocenters. The van der Waals surface area contributed by atoms with Crippen LogP contribution in [0.5, 0.6) is 0 Å². The van der Waals surface area contributed by atoms with Gasteiger partial charge < -0.3 is 109 Å². The third kappa shape index (κ3) is 8.66. The highest BCUT2D eigenvalue weighted by atomic mass is 16.8. The van der Waals surface area contributed by atoms with E-state index in [4.69, 9.17) is 47.4 Å². The Morgan fingerprint density at radius 2 is 1.20 bits per heavy atom. The topological polar surface area (TPSA) is 335 Å². The molecule has 6 aliphatic heterocycles. The number of rotatable bonds is 12. The number of ether oxygens (including phenoxy) is 10. The lowest BCUT2D eigenvalue weighted by molar-refractivity contribution is -0.388. The van der Waals surface area contributed by atoms with Crippen LogP contribution in [-0.2, 0) is 47.4 Å². The Morgan fingerprint density at radius 1 is 0.608 bits per heavy atom. The predicted octanol–water partition coefficient (Wildman–Crippen LogP) is -1.57. The van der Waals surface area contributed by atoms with Crippen molar-refractivity contribution >= 4 is 0 Å². The zero-order valence-corrected chi connectivity index (χ0v) is 43.6. The smallest absolute Gasteiger partial charge is 0.187 e. The molecule has 0 aromatic heterocycles. The first-order valence-corrected chi connectivity index (χ1v) is 27.0. The molecule has 29 atom stereocenters. The fourth-order valence-corrected chi connectivity index (χ4v) is 17.1. The minimum Gasteiger partial charge on any atom is -0.394 e. The van der Waals surface area contributed by atoms with Crippen molar-refractivity contribution in [3.8, 4) is 0 Å². The normalized spacial score (nSPS) is 56.7. The Hall–Kier alpha value is -1.14. The van der Waals surface area contributed by atoms with Crippen LogP contribution in [0.15, 0.2) is 11.6 Å². The van der Waals surface area contributed by atoms with Gasteiger partial charge in [0.1, 0.15) is 85.5 Å². The number of aliphatic hydroxyl groups excluding tert-OH is 12. The molecule has 424 valence electrons. The van der Waals surface area contributed by atoms with Gasteiger partial charge in [-0.2, -0.15) is 0 Å². The minimum atomic E-state index is -1.89. The summed E-state index contributed by atoms with van der Waals surface area (Å²) in [5.41, 5.74) is -1.11. The van der Waals surface area contributed by atoms with Gasteiger partial charge in [-0.3, -0.25) is 0 Å². The molecular weight excluding hydrogens is 977 g/mol. The Labute approximate surface area is 431 Å². The second-order valence-corrected chi connectivity index (χ2v) is 25.3. The summed E-state index contributed by atoms with van der Waals surface area (Å²) in [6.07, 6.45) is -20.6. The lowest BCUT2D eigenvalue weighted by Crippen LogP contribution is -2.69. The van der Waals surface area contributed by atoms with E-state index in [0.29, 0.717) is 25.9 Å². The van der Waals surface area contributed by atoms with Crippen LogP contribution in [-0.4, -0.2) is 229 Å².